The minimum Gasteiger partial charge on any atom is -0.450 e. The van der Waals surface area contributed by atoms with E-state index < -0.39 is 0 Å². The molecule has 1 aromatic rings. The van der Waals surface area contributed by atoms with Gasteiger partial charge in [-0.3, -0.25) is 0 Å². The van der Waals surface area contributed by atoms with Crippen LogP contribution in [0.15, 0.2) is 41.7 Å². The first-order valence-electron chi connectivity index (χ1n) is 7.99. The predicted molar refractivity (Wildman–Crippen MR) is 99.7 cm³/mol. The number of thiocarbonyl (C=S) groups is 1. The Kier molecular flexibility index (Phi) is 6.60. The quantitative estimate of drug-likeness (QED) is 0.481. The van der Waals surface area contributed by atoms with Crippen LogP contribution in [0.1, 0.15) is 6.92 Å². The Labute approximate surface area is 152 Å². The zero-order chi connectivity index (χ0) is 18.2. The standard InChI is InChI=1S/C17H21N5O2S/c1-2-24-17(23)22-10-8-21(9-11-22)15(19)14(12-18)16(25)20-13-6-4-3-5-7-13/h3-7H,2,8-11,19H2,1H3,(H,20,25)/b15-14+. The number of nitrogens with zero attached hydrogens (tertiary/aromatic N) is 3. The average Bonchev–Trinajstić information content (AvgIpc) is 2.63. The number of nitrogens with two attached hydrogens (primary N) is 1. The molecule has 8 heteroatoms. The molecule has 0 radical (unpaired) electrons. The van der Waals surface area contributed by atoms with Crippen LogP contribution < -0.4 is 11.1 Å². The van der Waals surface area contributed by atoms with Gasteiger partial charge in [0.2, 0.25) is 0 Å². The maximum absolute atomic E-state index is 11.7. The van der Waals surface area contributed by atoms with Gasteiger partial charge in [0.05, 0.1) is 6.61 Å². The summed E-state index contributed by atoms with van der Waals surface area (Å²) in [6, 6.07) is 11.4. The molecule has 1 saturated heterocycles. The van der Waals surface area contributed by atoms with Gasteiger partial charge in [0.25, 0.3) is 0 Å². The lowest BCUT2D eigenvalue weighted by Crippen LogP contribution is -2.50. The fraction of sp³-hybridized carbons (Fsp3) is 0.353. The summed E-state index contributed by atoms with van der Waals surface area (Å²) in [5.74, 6) is 0.319. The van der Waals surface area contributed by atoms with Gasteiger partial charge in [0.1, 0.15) is 22.5 Å². The molecule has 0 spiro atoms. The van der Waals surface area contributed by atoms with Crippen molar-refractivity contribution in [2.75, 3.05) is 38.1 Å². The van der Waals surface area contributed by atoms with Crippen LogP contribution >= 0.6 is 12.2 Å². The first-order valence-corrected chi connectivity index (χ1v) is 8.40. The maximum atomic E-state index is 11.7. The van der Waals surface area contributed by atoms with Gasteiger partial charge in [-0.05, 0) is 19.1 Å². The number of ether oxygens (including phenoxy) is 1. The van der Waals surface area contributed by atoms with E-state index in [-0.39, 0.29) is 16.7 Å². The highest BCUT2D eigenvalue weighted by Crippen LogP contribution is 2.14. The summed E-state index contributed by atoms with van der Waals surface area (Å²) in [4.78, 5) is 15.5. The number of hydrogen-bond acceptors (Lipinski definition) is 6. The van der Waals surface area contributed by atoms with Crippen molar-refractivity contribution in [1.29, 1.82) is 5.26 Å². The molecule has 0 aromatic heterocycles. The molecule has 132 valence electrons. The minimum absolute atomic E-state index is 0.225. The van der Waals surface area contributed by atoms with Gasteiger partial charge < -0.3 is 25.6 Å². The number of carbonyl (C=O) groups is 1. The number of anilines is 1. The zero-order valence-electron chi connectivity index (χ0n) is 14.1. The first-order chi connectivity index (χ1) is 12.1. The van der Waals surface area contributed by atoms with Crippen LogP contribution in [-0.2, 0) is 4.74 Å². The van der Waals surface area contributed by atoms with E-state index >= 15 is 0 Å². The lowest BCUT2D eigenvalue weighted by molar-refractivity contribution is 0.0865. The van der Waals surface area contributed by atoms with Crippen LogP contribution in [-0.4, -0.2) is 53.7 Å². The van der Waals surface area contributed by atoms with Gasteiger partial charge in [-0.2, -0.15) is 5.26 Å². The molecule has 0 bridgehead atoms. The van der Waals surface area contributed by atoms with Gasteiger partial charge >= 0.3 is 6.09 Å². The van der Waals surface area contributed by atoms with Crippen molar-refractivity contribution in [1.82, 2.24) is 9.80 Å². The van der Waals surface area contributed by atoms with Crippen LogP contribution in [0.2, 0.25) is 0 Å². The van der Waals surface area contributed by atoms with Gasteiger partial charge in [0, 0.05) is 31.9 Å². The molecule has 3 N–H and O–H groups in total. The number of para-hydroxylation sites is 1. The van der Waals surface area contributed by atoms with E-state index in [1.807, 2.05) is 35.2 Å². The zero-order valence-corrected chi connectivity index (χ0v) is 14.9. The third-order valence-electron chi connectivity index (χ3n) is 3.77. The molecule has 0 atom stereocenters. The fourth-order valence-electron chi connectivity index (χ4n) is 2.44. The van der Waals surface area contributed by atoms with E-state index in [4.69, 9.17) is 22.7 Å². The summed E-state index contributed by atoms with van der Waals surface area (Å²) < 4.78 is 4.99. The van der Waals surface area contributed by atoms with Crippen molar-refractivity contribution in [2.24, 2.45) is 5.73 Å². The Morgan fingerprint density at radius 2 is 1.88 bits per heavy atom. The van der Waals surface area contributed by atoms with E-state index in [9.17, 15) is 10.1 Å². The molecule has 1 aromatic carbocycles. The van der Waals surface area contributed by atoms with E-state index in [2.05, 4.69) is 11.4 Å². The lowest BCUT2D eigenvalue weighted by Gasteiger charge is -2.35. The van der Waals surface area contributed by atoms with Crippen molar-refractivity contribution < 1.29 is 9.53 Å². The highest BCUT2D eigenvalue weighted by atomic mass is 32.1. The van der Waals surface area contributed by atoms with Crippen molar-refractivity contribution in [3.63, 3.8) is 0 Å². The summed E-state index contributed by atoms with van der Waals surface area (Å²) in [5.41, 5.74) is 7.18. The van der Waals surface area contributed by atoms with Crippen molar-refractivity contribution >= 4 is 29.0 Å². The molecule has 25 heavy (non-hydrogen) atoms. The average molecular weight is 359 g/mol. The number of nitrogens with one attached hydrogen (secondary N) is 1. The second-order valence-electron chi connectivity index (χ2n) is 5.37. The number of carbonyl (C=O) groups excluding carboxylic acids is 1. The van der Waals surface area contributed by atoms with Gasteiger partial charge in [-0.15, -0.1) is 0 Å². The maximum Gasteiger partial charge on any atom is 0.409 e. The van der Waals surface area contributed by atoms with Crippen molar-refractivity contribution in [2.45, 2.75) is 6.92 Å². The SMILES string of the molecule is CCOC(=O)N1CCN(/C(N)=C(\C#N)C(=S)Nc2ccccc2)CC1. The highest BCUT2D eigenvalue weighted by molar-refractivity contribution is 7.81. The van der Waals surface area contributed by atoms with Crippen LogP contribution in [0, 0.1) is 11.3 Å². The Morgan fingerprint density at radius 1 is 1.28 bits per heavy atom. The normalized spacial score (nSPS) is 15.0. The molecule has 0 unspecified atom stereocenters. The van der Waals surface area contributed by atoms with E-state index in [0.29, 0.717) is 38.6 Å². The summed E-state index contributed by atoms with van der Waals surface area (Å²) in [6.07, 6.45) is -0.327. The summed E-state index contributed by atoms with van der Waals surface area (Å²) in [5, 5.41) is 12.5. The number of amides is 1. The monoisotopic (exact) mass is 359 g/mol. The van der Waals surface area contributed by atoms with Crippen molar-refractivity contribution in [3.8, 4) is 6.07 Å². The van der Waals surface area contributed by atoms with Crippen LogP contribution in [0.25, 0.3) is 0 Å². The Hall–Kier alpha value is -2.79. The largest absolute Gasteiger partial charge is 0.450 e. The third kappa shape index (κ3) is 4.84. The van der Waals surface area contributed by atoms with Crippen molar-refractivity contribution in [3.05, 3.63) is 41.7 Å². The van der Waals surface area contributed by atoms with Crippen LogP contribution in [0.4, 0.5) is 10.5 Å². The highest BCUT2D eigenvalue weighted by Gasteiger charge is 2.24. The number of nitriles is 1. The Morgan fingerprint density at radius 3 is 2.44 bits per heavy atom. The molecule has 1 fully saturated rings. The summed E-state index contributed by atoms with van der Waals surface area (Å²) >= 11 is 5.32. The fourth-order valence-corrected chi connectivity index (χ4v) is 2.71. The molecular weight excluding hydrogens is 338 g/mol. The second kappa shape index (κ2) is 8.89. The van der Waals surface area contributed by atoms with E-state index in [1.165, 1.54) is 0 Å². The predicted octanol–water partition coefficient (Wildman–Crippen LogP) is 1.89. The number of rotatable bonds is 4. The second-order valence-corrected chi connectivity index (χ2v) is 5.77. The molecule has 0 aliphatic carbocycles. The molecule has 1 aliphatic rings. The molecule has 0 saturated carbocycles. The lowest BCUT2D eigenvalue weighted by atomic mass is 10.2. The van der Waals surface area contributed by atoms with Crippen LogP contribution in [0.5, 0.6) is 0 Å². The Balaban J connectivity index is 2.03. The van der Waals surface area contributed by atoms with E-state index in [1.54, 1.807) is 11.8 Å². The Bertz CT molecular complexity index is 691. The topological polar surface area (TPSA) is 94.6 Å². The molecule has 2 rings (SSSR count). The number of hydrogen-bond donors (Lipinski definition) is 2. The first kappa shape index (κ1) is 18.5. The summed E-state index contributed by atoms with van der Waals surface area (Å²) in [7, 11) is 0. The molecule has 1 heterocycles. The van der Waals surface area contributed by atoms with E-state index in [0.717, 1.165) is 5.69 Å². The number of piperazine rings is 1. The summed E-state index contributed by atoms with van der Waals surface area (Å²) in [6.45, 7) is 4.12. The number of benzene rings is 1. The van der Waals surface area contributed by atoms with Gasteiger partial charge in [0.15, 0.2) is 0 Å². The van der Waals surface area contributed by atoms with Crippen LogP contribution in [0.3, 0.4) is 0 Å². The van der Waals surface area contributed by atoms with Gasteiger partial charge in [-0.25, -0.2) is 4.79 Å². The molecule has 1 aliphatic heterocycles. The molecule has 7 nitrogen and oxygen atoms in total. The van der Waals surface area contributed by atoms with Gasteiger partial charge in [-0.1, -0.05) is 30.4 Å². The third-order valence-corrected chi connectivity index (χ3v) is 4.08. The molecular formula is C17H21N5O2S. The molecule has 1 amide bonds. The minimum atomic E-state index is -0.327. The smallest absolute Gasteiger partial charge is 0.409 e.